The Bertz CT molecular complexity index is 87.7. The number of nitrogens with one attached hydrogen (secondary N) is 1. The van der Waals surface area contributed by atoms with Gasteiger partial charge in [0.2, 0.25) is 0 Å². The first kappa shape index (κ1) is 11.2. The lowest BCUT2D eigenvalue weighted by molar-refractivity contribution is -0.191. The summed E-state index contributed by atoms with van der Waals surface area (Å²) in [4.78, 5) is 16.2. The van der Waals surface area contributed by atoms with Crippen molar-refractivity contribution in [3.05, 3.63) is 0 Å². The van der Waals surface area contributed by atoms with E-state index in [1.807, 2.05) is 7.05 Å². The van der Waals surface area contributed by atoms with Crippen molar-refractivity contribution >= 4 is 6.15 Å². The Morgan fingerprint density at radius 3 is 1.33 bits per heavy atom. The van der Waals surface area contributed by atoms with Crippen molar-refractivity contribution in [2.75, 3.05) is 7.05 Å². The highest BCUT2D eigenvalue weighted by Crippen LogP contribution is 1.93. The molecular weight excluding hydrogens is 118 g/mol. The fourth-order valence-electron chi connectivity index (χ4n) is 0. The van der Waals surface area contributed by atoms with Crippen LogP contribution >= 0.6 is 0 Å². The van der Waals surface area contributed by atoms with Gasteiger partial charge in [-0.25, -0.2) is 0 Å². The number of hydrogen-bond acceptors (Lipinski definition) is 3. The van der Waals surface area contributed by atoms with Crippen LogP contribution in [0.3, 0.4) is 0 Å². The topological polar surface area (TPSA) is 46.2 Å². The second-order valence-corrected chi connectivity index (χ2v) is 2.58. The van der Waals surface area contributed by atoms with Crippen molar-refractivity contribution < 1.29 is 9.59 Å². The Morgan fingerprint density at radius 2 is 1.33 bits per heavy atom. The van der Waals surface area contributed by atoms with Gasteiger partial charge in [-0.05, 0) is 27.8 Å². The van der Waals surface area contributed by atoms with Crippen molar-refractivity contribution in [2.45, 2.75) is 26.3 Å². The summed E-state index contributed by atoms with van der Waals surface area (Å²) in [5, 5.41) is 3.10. The van der Waals surface area contributed by atoms with Gasteiger partial charge in [0.15, 0.2) is 0 Å². The molecule has 0 aromatic rings. The highest BCUT2D eigenvalue weighted by atomic mass is 16.2. The molecule has 0 aliphatic carbocycles. The van der Waals surface area contributed by atoms with Gasteiger partial charge < -0.3 is 5.32 Å². The molecule has 0 aromatic carbocycles. The van der Waals surface area contributed by atoms with Gasteiger partial charge in [-0.15, -0.1) is 0 Å². The molecule has 0 atom stereocenters. The first-order chi connectivity index (χ1) is 3.97. The van der Waals surface area contributed by atoms with Crippen LogP contribution in [0.2, 0.25) is 0 Å². The molecule has 0 saturated heterocycles. The van der Waals surface area contributed by atoms with Gasteiger partial charge in [0.1, 0.15) is 0 Å². The molecular formula is C6H13NO2. The van der Waals surface area contributed by atoms with Crippen LogP contribution in [0.4, 0.5) is 0 Å². The van der Waals surface area contributed by atoms with E-state index in [0.717, 1.165) is 0 Å². The Labute approximate surface area is 55.4 Å². The Kier molecular flexibility index (Phi) is 6.80. The maximum atomic E-state index is 8.12. The van der Waals surface area contributed by atoms with E-state index in [1.54, 1.807) is 0 Å². The zero-order valence-corrected chi connectivity index (χ0v) is 6.32. The maximum absolute atomic E-state index is 8.12. The summed E-state index contributed by atoms with van der Waals surface area (Å²) in [6.07, 6.45) is 0.250. The summed E-state index contributed by atoms with van der Waals surface area (Å²) in [6.45, 7) is 6.40. The largest absolute Gasteiger partial charge is 0.373 e. The third-order valence-electron chi connectivity index (χ3n) is 0.750. The summed E-state index contributed by atoms with van der Waals surface area (Å²) in [5.41, 5.74) is 0.292. The second-order valence-electron chi connectivity index (χ2n) is 2.58. The second kappa shape index (κ2) is 5.48. The van der Waals surface area contributed by atoms with E-state index >= 15 is 0 Å². The summed E-state index contributed by atoms with van der Waals surface area (Å²) in [5.74, 6) is 0. The minimum atomic E-state index is 0.250. The first-order valence-corrected chi connectivity index (χ1v) is 2.66. The molecule has 3 nitrogen and oxygen atoms in total. The molecule has 1 N–H and O–H groups in total. The van der Waals surface area contributed by atoms with E-state index in [4.69, 9.17) is 9.59 Å². The highest BCUT2D eigenvalue weighted by molar-refractivity contribution is 5.20. The molecule has 0 aromatic heterocycles. The molecule has 0 unspecified atom stereocenters. The molecule has 0 bridgehead atoms. The zero-order valence-electron chi connectivity index (χ0n) is 6.32. The van der Waals surface area contributed by atoms with Crippen LogP contribution in [0.5, 0.6) is 0 Å². The molecule has 54 valence electrons. The lowest BCUT2D eigenvalue weighted by Crippen LogP contribution is -2.31. The fraction of sp³-hybridized carbons (Fsp3) is 0.833. The maximum Gasteiger partial charge on any atom is 0.373 e. The van der Waals surface area contributed by atoms with Crippen molar-refractivity contribution in [3.63, 3.8) is 0 Å². The Morgan fingerprint density at radius 1 is 1.22 bits per heavy atom. The summed E-state index contributed by atoms with van der Waals surface area (Å²) >= 11 is 0. The van der Waals surface area contributed by atoms with Gasteiger partial charge in [0.05, 0.1) is 0 Å². The average molecular weight is 131 g/mol. The summed E-state index contributed by atoms with van der Waals surface area (Å²) < 4.78 is 0. The minimum absolute atomic E-state index is 0.250. The molecule has 0 spiro atoms. The quantitative estimate of drug-likeness (QED) is 0.518. The van der Waals surface area contributed by atoms with Crippen LogP contribution < -0.4 is 5.32 Å². The molecule has 0 heterocycles. The molecule has 0 aliphatic heterocycles. The fourth-order valence-corrected chi connectivity index (χ4v) is 0. The van der Waals surface area contributed by atoms with Gasteiger partial charge in [0, 0.05) is 5.54 Å². The smallest absolute Gasteiger partial charge is 0.315 e. The van der Waals surface area contributed by atoms with Crippen molar-refractivity contribution in [1.82, 2.24) is 5.32 Å². The van der Waals surface area contributed by atoms with Crippen molar-refractivity contribution in [1.29, 1.82) is 0 Å². The van der Waals surface area contributed by atoms with E-state index in [0.29, 0.717) is 5.54 Å². The Balaban J connectivity index is 0. The standard InChI is InChI=1S/C5H13N.CO2/c1-5(2,3)6-4;2-1-3/h6H,1-4H3;. The van der Waals surface area contributed by atoms with Gasteiger partial charge in [0.25, 0.3) is 0 Å². The monoisotopic (exact) mass is 131 g/mol. The van der Waals surface area contributed by atoms with Crippen molar-refractivity contribution in [3.8, 4) is 0 Å². The van der Waals surface area contributed by atoms with E-state index in [9.17, 15) is 0 Å². The summed E-state index contributed by atoms with van der Waals surface area (Å²) in [6, 6.07) is 0. The summed E-state index contributed by atoms with van der Waals surface area (Å²) in [7, 11) is 1.96. The number of rotatable bonds is 0. The molecule has 0 rings (SSSR count). The van der Waals surface area contributed by atoms with E-state index in [1.165, 1.54) is 0 Å². The molecule has 9 heavy (non-hydrogen) atoms. The van der Waals surface area contributed by atoms with Gasteiger partial charge >= 0.3 is 6.15 Å². The third kappa shape index (κ3) is 38.2. The molecule has 3 heteroatoms. The van der Waals surface area contributed by atoms with Crippen molar-refractivity contribution in [2.24, 2.45) is 0 Å². The zero-order chi connectivity index (χ0) is 7.91. The van der Waals surface area contributed by atoms with Crippen LogP contribution in [-0.2, 0) is 9.59 Å². The van der Waals surface area contributed by atoms with Crippen LogP contribution in [0.15, 0.2) is 0 Å². The number of hydrogen-bond donors (Lipinski definition) is 1. The SMILES string of the molecule is CNC(C)(C)C.O=C=O. The predicted octanol–water partition coefficient (Wildman–Crippen LogP) is 0.421. The number of carbonyl (C=O) groups excluding carboxylic acids is 2. The van der Waals surface area contributed by atoms with E-state index in [-0.39, 0.29) is 6.15 Å². The van der Waals surface area contributed by atoms with Crippen LogP contribution in [-0.4, -0.2) is 18.7 Å². The normalized spacial score (nSPS) is 8.89. The molecule has 0 fully saturated rings. The average Bonchev–Trinajstić information content (AvgIpc) is 1.67. The van der Waals surface area contributed by atoms with Crippen LogP contribution in [0, 0.1) is 0 Å². The lowest BCUT2D eigenvalue weighted by Gasteiger charge is -2.15. The van der Waals surface area contributed by atoms with E-state index in [2.05, 4.69) is 26.1 Å². The third-order valence-corrected chi connectivity index (χ3v) is 0.750. The van der Waals surface area contributed by atoms with Gasteiger partial charge in [-0.1, -0.05) is 0 Å². The molecule has 0 saturated carbocycles. The highest BCUT2D eigenvalue weighted by Gasteiger charge is 2.01. The first-order valence-electron chi connectivity index (χ1n) is 2.66. The lowest BCUT2D eigenvalue weighted by atomic mass is 10.1. The van der Waals surface area contributed by atoms with Gasteiger partial charge in [-0.2, -0.15) is 9.59 Å². The Hall–Kier alpha value is -0.660. The van der Waals surface area contributed by atoms with Crippen LogP contribution in [0.25, 0.3) is 0 Å². The van der Waals surface area contributed by atoms with E-state index < -0.39 is 0 Å². The predicted molar refractivity (Wildman–Crippen MR) is 33.8 cm³/mol. The minimum Gasteiger partial charge on any atom is -0.315 e. The van der Waals surface area contributed by atoms with Crippen LogP contribution in [0.1, 0.15) is 20.8 Å². The molecule has 0 amide bonds. The molecule has 0 aliphatic rings. The van der Waals surface area contributed by atoms with Gasteiger partial charge in [-0.3, -0.25) is 0 Å². The molecule has 0 radical (unpaired) electrons.